The summed E-state index contributed by atoms with van der Waals surface area (Å²) in [7, 11) is 0. The van der Waals surface area contributed by atoms with Crippen LogP contribution in [0.5, 0.6) is 0 Å². The molecule has 2 N–H and O–H groups in total. The van der Waals surface area contributed by atoms with Crippen molar-refractivity contribution >= 4 is 28.5 Å². The van der Waals surface area contributed by atoms with Gasteiger partial charge in [0.2, 0.25) is 0 Å². The lowest BCUT2D eigenvalue weighted by molar-refractivity contribution is 1.16. The van der Waals surface area contributed by atoms with E-state index in [0.717, 1.165) is 17.9 Å². The Morgan fingerprint density at radius 3 is 2.84 bits per heavy atom. The fourth-order valence-corrected chi connectivity index (χ4v) is 2.47. The maximum atomic E-state index is 4.29. The molecule has 0 unspecified atom stereocenters. The third-order valence-electron chi connectivity index (χ3n) is 3.11. The Morgan fingerprint density at radius 2 is 2.05 bits per heavy atom. The molecule has 19 heavy (non-hydrogen) atoms. The van der Waals surface area contributed by atoms with Crippen molar-refractivity contribution in [1.82, 2.24) is 9.97 Å². The average molecular weight is 269 g/mol. The largest absolute Gasteiger partial charge is 0.381 e. The number of aromatic nitrogens is 2. The van der Waals surface area contributed by atoms with E-state index in [1.807, 2.05) is 12.3 Å². The molecule has 0 aliphatic heterocycles. The first-order chi connectivity index (χ1) is 9.36. The van der Waals surface area contributed by atoms with Gasteiger partial charge in [-0.25, -0.2) is 4.98 Å². The zero-order valence-electron chi connectivity index (χ0n) is 10.7. The number of aromatic amines is 1. The van der Waals surface area contributed by atoms with E-state index in [4.69, 9.17) is 0 Å². The molecule has 0 saturated heterocycles. The van der Waals surface area contributed by atoms with Crippen LogP contribution in [-0.2, 0) is 6.54 Å². The molecule has 0 spiro atoms. The highest BCUT2D eigenvalue weighted by Crippen LogP contribution is 2.20. The van der Waals surface area contributed by atoms with Crippen molar-refractivity contribution in [2.75, 3.05) is 11.6 Å². The smallest absolute Gasteiger partial charge is 0.137 e. The van der Waals surface area contributed by atoms with E-state index >= 15 is 0 Å². The van der Waals surface area contributed by atoms with Crippen LogP contribution in [0.1, 0.15) is 5.56 Å². The number of nitrogens with zero attached hydrogens (tertiary/aromatic N) is 1. The first kappa shape index (κ1) is 12.1. The van der Waals surface area contributed by atoms with E-state index in [-0.39, 0.29) is 0 Å². The molecule has 0 saturated carbocycles. The third kappa shape index (κ3) is 2.58. The fraction of sp³-hybridized carbons (Fsp3) is 0.133. The van der Waals surface area contributed by atoms with Gasteiger partial charge in [-0.2, -0.15) is 0 Å². The molecule has 0 radical (unpaired) electrons. The highest BCUT2D eigenvalue weighted by Gasteiger charge is 2.03. The molecule has 4 heteroatoms. The Labute approximate surface area is 116 Å². The minimum absolute atomic E-state index is 0.796. The highest BCUT2D eigenvalue weighted by molar-refractivity contribution is 7.98. The van der Waals surface area contributed by atoms with E-state index in [2.05, 4.69) is 51.9 Å². The molecule has 3 rings (SSSR count). The number of hydrogen-bond acceptors (Lipinski definition) is 3. The molecule has 0 aliphatic carbocycles. The summed E-state index contributed by atoms with van der Waals surface area (Å²) in [6.45, 7) is 0.796. The number of pyridine rings is 1. The van der Waals surface area contributed by atoms with Crippen LogP contribution in [0.25, 0.3) is 11.0 Å². The summed E-state index contributed by atoms with van der Waals surface area (Å²) >= 11 is 1.75. The van der Waals surface area contributed by atoms with Crippen molar-refractivity contribution in [2.24, 2.45) is 0 Å². The molecule has 0 fully saturated rings. The lowest BCUT2D eigenvalue weighted by Gasteiger charge is -2.06. The molecule has 0 amide bonds. The van der Waals surface area contributed by atoms with Gasteiger partial charge in [-0.05, 0) is 48.2 Å². The summed E-state index contributed by atoms with van der Waals surface area (Å²) in [6.07, 6.45) is 5.90. The van der Waals surface area contributed by atoms with Gasteiger partial charge in [-0.15, -0.1) is 11.8 Å². The summed E-state index contributed by atoms with van der Waals surface area (Å²) in [5.74, 6) is 0. The molecule has 0 aliphatic rings. The lowest BCUT2D eigenvalue weighted by atomic mass is 10.2. The van der Waals surface area contributed by atoms with Gasteiger partial charge < -0.3 is 10.3 Å². The van der Waals surface area contributed by atoms with Crippen LogP contribution in [0.2, 0.25) is 0 Å². The van der Waals surface area contributed by atoms with Gasteiger partial charge in [0.15, 0.2) is 0 Å². The summed E-state index contributed by atoms with van der Waals surface area (Å²) in [6, 6.07) is 12.5. The molecular weight excluding hydrogens is 254 g/mol. The summed E-state index contributed by atoms with van der Waals surface area (Å²) in [5, 5.41) is 4.61. The third-order valence-corrected chi connectivity index (χ3v) is 3.85. The first-order valence-corrected chi connectivity index (χ1v) is 7.38. The normalized spacial score (nSPS) is 10.8. The van der Waals surface area contributed by atoms with Crippen LogP contribution in [0.15, 0.2) is 53.7 Å². The number of H-pyrrole nitrogens is 1. The van der Waals surface area contributed by atoms with Gasteiger partial charge in [-0.1, -0.05) is 0 Å². The van der Waals surface area contributed by atoms with Crippen LogP contribution < -0.4 is 5.32 Å². The summed E-state index contributed by atoms with van der Waals surface area (Å²) < 4.78 is 0. The van der Waals surface area contributed by atoms with Crippen molar-refractivity contribution in [3.05, 3.63) is 54.4 Å². The lowest BCUT2D eigenvalue weighted by Crippen LogP contribution is -1.98. The molecule has 3 nitrogen and oxygen atoms in total. The number of hydrogen-bond donors (Lipinski definition) is 2. The molecule has 2 heterocycles. The predicted octanol–water partition coefficient (Wildman–Crippen LogP) is 3.90. The van der Waals surface area contributed by atoms with E-state index in [9.17, 15) is 0 Å². The number of fused-ring (bicyclic) bond motifs is 1. The molecule has 0 atom stereocenters. The second kappa shape index (κ2) is 5.36. The molecule has 1 aromatic carbocycles. The monoisotopic (exact) mass is 269 g/mol. The number of anilines is 1. The Hall–Kier alpha value is -1.94. The molecule has 0 bridgehead atoms. The quantitative estimate of drug-likeness (QED) is 0.706. The number of nitrogens with one attached hydrogen (secondary N) is 2. The van der Waals surface area contributed by atoms with Gasteiger partial charge in [0.05, 0.1) is 0 Å². The molecule has 2 aromatic heterocycles. The van der Waals surface area contributed by atoms with E-state index in [0.29, 0.717) is 0 Å². The number of benzene rings is 1. The van der Waals surface area contributed by atoms with Crippen molar-refractivity contribution in [2.45, 2.75) is 11.4 Å². The molecule has 96 valence electrons. The average Bonchev–Trinajstić information content (AvgIpc) is 2.89. The van der Waals surface area contributed by atoms with Gasteiger partial charge >= 0.3 is 0 Å². The number of rotatable bonds is 4. The second-order valence-electron chi connectivity index (χ2n) is 4.30. The van der Waals surface area contributed by atoms with Crippen LogP contribution in [-0.4, -0.2) is 16.2 Å². The predicted molar refractivity (Wildman–Crippen MR) is 81.6 cm³/mol. The molecular formula is C15H15N3S. The standard InChI is InChI=1S/C15H15N3S/c1-19-13-6-4-12(5-7-13)17-9-11-10-18-15-14(11)3-2-8-16-15/h2-8,10,17H,9H2,1H3,(H,16,18). The summed E-state index contributed by atoms with van der Waals surface area (Å²) in [5.41, 5.74) is 3.31. The van der Waals surface area contributed by atoms with Gasteiger partial charge in [0.25, 0.3) is 0 Å². The Morgan fingerprint density at radius 1 is 1.21 bits per heavy atom. The topological polar surface area (TPSA) is 40.7 Å². The Kier molecular flexibility index (Phi) is 3.42. The second-order valence-corrected chi connectivity index (χ2v) is 5.18. The minimum atomic E-state index is 0.796. The zero-order valence-corrected chi connectivity index (χ0v) is 11.5. The van der Waals surface area contributed by atoms with Gasteiger partial charge in [0.1, 0.15) is 5.65 Å². The van der Waals surface area contributed by atoms with Crippen molar-refractivity contribution in [3.8, 4) is 0 Å². The van der Waals surface area contributed by atoms with Crippen LogP contribution in [0.4, 0.5) is 5.69 Å². The van der Waals surface area contributed by atoms with Crippen molar-refractivity contribution < 1.29 is 0 Å². The SMILES string of the molecule is CSc1ccc(NCc2c[nH]c3ncccc23)cc1. The van der Waals surface area contributed by atoms with Gasteiger partial charge in [-0.3, -0.25) is 0 Å². The van der Waals surface area contributed by atoms with E-state index in [1.54, 1.807) is 18.0 Å². The number of thioether (sulfide) groups is 1. The minimum Gasteiger partial charge on any atom is -0.381 e. The van der Waals surface area contributed by atoms with Crippen LogP contribution in [0, 0.1) is 0 Å². The maximum absolute atomic E-state index is 4.29. The van der Waals surface area contributed by atoms with E-state index in [1.165, 1.54) is 15.8 Å². The first-order valence-electron chi connectivity index (χ1n) is 6.16. The Bertz CT molecular complexity index is 673. The van der Waals surface area contributed by atoms with Crippen molar-refractivity contribution in [3.63, 3.8) is 0 Å². The van der Waals surface area contributed by atoms with Gasteiger partial charge in [0, 0.05) is 34.9 Å². The Balaban J connectivity index is 1.74. The molecule has 3 aromatic rings. The van der Waals surface area contributed by atoms with E-state index < -0.39 is 0 Å². The van der Waals surface area contributed by atoms with Crippen LogP contribution >= 0.6 is 11.8 Å². The maximum Gasteiger partial charge on any atom is 0.137 e. The highest BCUT2D eigenvalue weighted by atomic mass is 32.2. The summed E-state index contributed by atoms with van der Waals surface area (Å²) in [4.78, 5) is 8.76. The van der Waals surface area contributed by atoms with Crippen molar-refractivity contribution in [1.29, 1.82) is 0 Å². The zero-order chi connectivity index (χ0) is 13.1. The fourth-order valence-electron chi connectivity index (χ4n) is 2.07. The van der Waals surface area contributed by atoms with Crippen LogP contribution in [0.3, 0.4) is 0 Å².